The number of hydrogen-bond donors (Lipinski definition) is 4. The van der Waals surface area contributed by atoms with Crippen molar-refractivity contribution < 1.29 is 19.8 Å². The number of hydroxylamine groups is 2. The molecule has 10 nitrogen and oxygen atoms in total. The maximum absolute atomic E-state index is 12.3. The monoisotopic (exact) mass is 345 g/mol. The van der Waals surface area contributed by atoms with Crippen molar-refractivity contribution in [2.75, 3.05) is 6.61 Å². The van der Waals surface area contributed by atoms with Crippen LogP contribution in [0.4, 0.5) is 16.3 Å². The van der Waals surface area contributed by atoms with Crippen LogP contribution in [0.3, 0.4) is 0 Å². The first-order valence-corrected chi connectivity index (χ1v) is 7.05. The van der Waals surface area contributed by atoms with E-state index in [1.807, 2.05) is 4.98 Å². The van der Waals surface area contributed by atoms with Gasteiger partial charge >= 0.3 is 11.8 Å². The number of hydrogen-bond acceptors (Lipinski definition) is 7. The number of quaternary nitrogens is 1. The molecular formula is C15H13N4O6+. The molecule has 1 amide bonds. The maximum Gasteiger partial charge on any atom is 0.563 e. The molecule has 128 valence electrons. The number of aliphatic hydroxyl groups is 1. The Kier molecular flexibility index (Phi) is 4.05. The molecule has 0 radical (unpaired) electrons. The molecule has 1 aromatic carbocycles. The molecule has 1 aliphatic heterocycles. The van der Waals surface area contributed by atoms with Crippen LogP contribution in [0.15, 0.2) is 51.2 Å². The number of fused-ring (bicyclic) bond motifs is 1. The van der Waals surface area contributed by atoms with E-state index in [2.05, 4.69) is 9.98 Å². The van der Waals surface area contributed by atoms with Gasteiger partial charge in [0.1, 0.15) is 6.61 Å². The Morgan fingerprint density at radius 1 is 1.24 bits per heavy atom. The summed E-state index contributed by atoms with van der Waals surface area (Å²) >= 11 is 0. The molecule has 1 unspecified atom stereocenters. The van der Waals surface area contributed by atoms with E-state index >= 15 is 0 Å². The number of H-pyrrole nitrogens is 2. The second-order valence-corrected chi connectivity index (χ2v) is 5.11. The van der Waals surface area contributed by atoms with Gasteiger partial charge in [0.15, 0.2) is 0 Å². The van der Waals surface area contributed by atoms with Crippen molar-refractivity contribution in [2.24, 2.45) is 4.99 Å². The minimum absolute atomic E-state index is 0.288. The Morgan fingerprint density at radius 2 is 1.96 bits per heavy atom. The highest BCUT2D eigenvalue weighted by molar-refractivity contribution is 6.02. The molecule has 1 aliphatic rings. The number of benzene rings is 1. The maximum atomic E-state index is 12.3. The van der Waals surface area contributed by atoms with E-state index < -0.39 is 27.8 Å². The van der Waals surface area contributed by atoms with Crippen molar-refractivity contribution >= 4 is 29.5 Å². The van der Waals surface area contributed by atoms with Gasteiger partial charge in [0.25, 0.3) is 11.4 Å². The molecule has 1 atom stereocenters. The van der Waals surface area contributed by atoms with E-state index in [4.69, 9.17) is 4.74 Å². The molecule has 10 heteroatoms. The van der Waals surface area contributed by atoms with Crippen LogP contribution in [-0.2, 0) is 4.74 Å². The molecule has 25 heavy (non-hydrogen) atoms. The number of nitrogens with one attached hydrogen (secondary N) is 2. The van der Waals surface area contributed by atoms with Gasteiger partial charge in [-0.25, -0.2) is 4.79 Å². The number of aliphatic hydroxyl groups excluding tert-OH is 1. The quantitative estimate of drug-likeness (QED) is 0.373. The van der Waals surface area contributed by atoms with E-state index in [1.165, 1.54) is 0 Å². The van der Waals surface area contributed by atoms with Crippen LogP contribution in [0, 0.1) is 0 Å². The van der Waals surface area contributed by atoms with E-state index in [9.17, 15) is 24.7 Å². The van der Waals surface area contributed by atoms with Gasteiger partial charge in [-0.2, -0.15) is 15.0 Å². The minimum atomic E-state index is -1.62. The summed E-state index contributed by atoms with van der Waals surface area (Å²) in [5.74, 6) is -0.423. The molecule has 2 aromatic rings. The fourth-order valence-corrected chi connectivity index (χ4v) is 2.26. The first-order chi connectivity index (χ1) is 12.0. The second-order valence-electron chi connectivity index (χ2n) is 5.11. The number of aromatic nitrogens is 2. The van der Waals surface area contributed by atoms with Gasteiger partial charge in [0.2, 0.25) is 12.0 Å². The van der Waals surface area contributed by atoms with Crippen molar-refractivity contribution in [1.82, 2.24) is 14.6 Å². The average molecular weight is 345 g/mol. The third-order valence-electron chi connectivity index (χ3n) is 3.52. The lowest BCUT2D eigenvalue weighted by Gasteiger charge is -2.17. The summed E-state index contributed by atoms with van der Waals surface area (Å²) in [7, 11) is 0. The highest BCUT2D eigenvalue weighted by Crippen LogP contribution is 2.31. The predicted molar refractivity (Wildman–Crippen MR) is 87.8 cm³/mol. The zero-order chi connectivity index (χ0) is 18.0. The smallest absolute Gasteiger partial charge is 0.515 e. The second kappa shape index (κ2) is 6.19. The SMILES string of the molecule is O=C(OCC(=CO)c1ccccc1)[N+]1(O)C=Nc2c1[nH]c(=O)[nH]c2=O. The van der Waals surface area contributed by atoms with Crippen molar-refractivity contribution in [3.8, 4) is 0 Å². The fourth-order valence-electron chi connectivity index (χ4n) is 2.26. The number of ether oxygens (including phenoxy) is 1. The van der Waals surface area contributed by atoms with E-state index in [0.29, 0.717) is 5.56 Å². The lowest BCUT2D eigenvalue weighted by atomic mass is 10.1. The predicted octanol–water partition coefficient (Wildman–Crippen LogP) is 1.17. The Morgan fingerprint density at radius 3 is 2.64 bits per heavy atom. The summed E-state index contributed by atoms with van der Waals surface area (Å²) in [5.41, 5.74) is -1.16. The molecule has 0 saturated heterocycles. The Hall–Kier alpha value is -3.50. The zero-order valence-electron chi connectivity index (χ0n) is 12.7. The first-order valence-electron chi connectivity index (χ1n) is 7.05. The summed E-state index contributed by atoms with van der Waals surface area (Å²) < 4.78 is 3.38. The molecule has 2 heterocycles. The van der Waals surface area contributed by atoms with E-state index in [0.717, 1.165) is 12.6 Å². The molecule has 0 fully saturated rings. The number of nitrogens with zero attached hydrogens (tertiary/aromatic N) is 2. The fraction of sp³-hybridized carbons (Fsp3) is 0.0667. The van der Waals surface area contributed by atoms with Gasteiger partial charge in [0, 0.05) is 10.2 Å². The third-order valence-corrected chi connectivity index (χ3v) is 3.52. The van der Waals surface area contributed by atoms with E-state index in [-0.39, 0.29) is 17.9 Å². The van der Waals surface area contributed by atoms with Gasteiger partial charge in [-0.1, -0.05) is 30.3 Å². The summed E-state index contributed by atoms with van der Waals surface area (Å²) in [4.78, 5) is 43.0. The molecule has 0 bridgehead atoms. The van der Waals surface area contributed by atoms with Gasteiger partial charge in [-0.15, -0.1) is 0 Å². The number of carbonyl (C=O) groups is 1. The Balaban J connectivity index is 1.83. The molecule has 0 saturated carbocycles. The number of rotatable bonds is 3. The van der Waals surface area contributed by atoms with Gasteiger partial charge in [-0.05, 0) is 5.56 Å². The molecule has 4 N–H and O–H groups in total. The topological polar surface area (TPSA) is 145 Å². The van der Waals surface area contributed by atoms with E-state index in [1.54, 1.807) is 30.3 Å². The molecule has 0 aliphatic carbocycles. The van der Waals surface area contributed by atoms with Crippen molar-refractivity contribution in [2.45, 2.75) is 0 Å². The van der Waals surface area contributed by atoms with Crippen molar-refractivity contribution in [3.05, 3.63) is 63.0 Å². The van der Waals surface area contributed by atoms with Crippen LogP contribution >= 0.6 is 0 Å². The Labute approximate surface area is 139 Å². The molecular weight excluding hydrogens is 332 g/mol. The normalized spacial score (nSPS) is 18.8. The molecule has 1 aromatic heterocycles. The van der Waals surface area contributed by atoms with Crippen LogP contribution in [0.25, 0.3) is 5.57 Å². The lowest BCUT2D eigenvalue weighted by molar-refractivity contribution is -0.00142. The standard InChI is InChI=1S/C15H12N4O6/c20-6-10(9-4-2-1-3-5-9)7-25-15(23)19(24)8-16-11-12(19)17-14(22)18-13(11)21/h1-6,8,24H,7H2,(H2-,17,18,20,21,22)/p+1. The highest BCUT2D eigenvalue weighted by Gasteiger charge is 2.48. The van der Waals surface area contributed by atoms with Crippen LogP contribution in [0.2, 0.25) is 0 Å². The van der Waals surface area contributed by atoms with Crippen LogP contribution in [0.5, 0.6) is 0 Å². The number of carbonyl (C=O) groups excluding carboxylic acids is 1. The minimum Gasteiger partial charge on any atom is -0.515 e. The largest absolute Gasteiger partial charge is 0.563 e. The third kappa shape index (κ3) is 2.86. The summed E-state index contributed by atoms with van der Waals surface area (Å²) in [6, 6.07) is 8.65. The highest BCUT2D eigenvalue weighted by atomic mass is 16.7. The number of amides is 1. The van der Waals surface area contributed by atoms with Crippen LogP contribution < -0.4 is 15.9 Å². The first kappa shape index (κ1) is 16.4. The molecule has 3 rings (SSSR count). The van der Waals surface area contributed by atoms with Crippen molar-refractivity contribution in [3.63, 3.8) is 0 Å². The average Bonchev–Trinajstić information content (AvgIpc) is 2.95. The van der Waals surface area contributed by atoms with Gasteiger partial charge in [0.05, 0.1) is 6.26 Å². The Bertz CT molecular complexity index is 991. The van der Waals surface area contributed by atoms with Gasteiger partial charge in [-0.3, -0.25) is 14.8 Å². The summed E-state index contributed by atoms with van der Waals surface area (Å²) in [5, 5.41) is 19.7. The number of aromatic amines is 2. The summed E-state index contributed by atoms with van der Waals surface area (Å²) in [6.45, 7) is -0.351. The zero-order valence-corrected chi connectivity index (χ0v) is 12.7. The van der Waals surface area contributed by atoms with Crippen molar-refractivity contribution in [1.29, 1.82) is 0 Å². The van der Waals surface area contributed by atoms with Crippen LogP contribution in [-0.4, -0.2) is 39.3 Å². The van der Waals surface area contributed by atoms with Crippen LogP contribution in [0.1, 0.15) is 5.56 Å². The van der Waals surface area contributed by atoms with Gasteiger partial charge < -0.3 is 9.84 Å². The summed E-state index contributed by atoms with van der Waals surface area (Å²) in [6.07, 6.45) is 0.324. The molecule has 0 spiro atoms. The number of aliphatic imine (C=N–C) groups is 1. The lowest BCUT2D eigenvalue weighted by Crippen LogP contribution is -2.50.